The van der Waals surface area contributed by atoms with Crippen LogP contribution in [0.4, 0.5) is 8.78 Å². The third-order valence-corrected chi connectivity index (χ3v) is 5.95. The van der Waals surface area contributed by atoms with Gasteiger partial charge in [0.05, 0.1) is 11.0 Å². The number of primary amides is 1. The van der Waals surface area contributed by atoms with E-state index in [-0.39, 0.29) is 5.75 Å². The molecule has 5 rings (SSSR count). The number of aromatic nitrogens is 1. The lowest BCUT2D eigenvalue weighted by Crippen LogP contribution is -2.11. The number of alkyl halides is 2. The Morgan fingerprint density at radius 2 is 1.76 bits per heavy atom. The van der Waals surface area contributed by atoms with Gasteiger partial charge in [-0.2, -0.15) is 8.78 Å². The van der Waals surface area contributed by atoms with E-state index < -0.39 is 12.5 Å². The van der Waals surface area contributed by atoms with E-state index in [1.54, 1.807) is 24.3 Å². The van der Waals surface area contributed by atoms with Crippen LogP contribution in [0.1, 0.15) is 15.9 Å². The van der Waals surface area contributed by atoms with Crippen molar-refractivity contribution < 1.29 is 18.3 Å². The Morgan fingerprint density at radius 3 is 2.50 bits per heavy atom. The molecule has 4 aromatic carbocycles. The van der Waals surface area contributed by atoms with Gasteiger partial charge in [0.25, 0.3) is 0 Å². The van der Waals surface area contributed by atoms with Crippen LogP contribution in [0.2, 0.25) is 5.02 Å². The van der Waals surface area contributed by atoms with E-state index >= 15 is 0 Å². The largest absolute Gasteiger partial charge is 0.435 e. The lowest BCUT2D eigenvalue weighted by atomic mass is 10.0. The number of benzene rings is 4. The molecule has 0 aliphatic rings. The van der Waals surface area contributed by atoms with E-state index in [1.165, 1.54) is 6.07 Å². The Hall–Kier alpha value is -3.90. The molecule has 2 N–H and O–H groups in total. The van der Waals surface area contributed by atoms with Crippen molar-refractivity contribution in [3.05, 3.63) is 101 Å². The summed E-state index contributed by atoms with van der Waals surface area (Å²) in [6.07, 6.45) is 0. The summed E-state index contributed by atoms with van der Waals surface area (Å²) in [7, 11) is 0. The molecule has 0 saturated heterocycles. The number of hydrogen-bond acceptors (Lipinski definition) is 2. The topological polar surface area (TPSA) is 57.2 Å². The number of carbonyl (C=O) groups excluding carboxylic acids is 1. The third kappa shape index (κ3) is 4.08. The van der Waals surface area contributed by atoms with Crippen LogP contribution >= 0.6 is 11.6 Å². The molecule has 34 heavy (non-hydrogen) atoms. The minimum Gasteiger partial charge on any atom is -0.435 e. The second-order valence-corrected chi connectivity index (χ2v) is 8.27. The Bertz CT molecular complexity index is 1530. The highest BCUT2D eigenvalue weighted by molar-refractivity contribution is 6.30. The number of carbonyl (C=O) groups is 1. The van der Waals surface area contributed by atoms with E-state index in [0.29, 0.717) is 22.5 Å². The van der Waals surface area contributed by atoms with Gasteiger partial charge < -0.3 is 15.0 Å². The number of fused-ring (bicyclic) bond motifs is 3. The van der Waals surface area contributed by atoms with E-state index in [0.717, 1.165) is 33.1 Å². The Kier molecular flexibility index (Phi) is 5.67. The van der Waals surface area contributed by atoms with Gasteiger partial charge in [0.1, 0.15) is 5.75 Å². The van der Waals surface area contributed by atoms with Gasteiger partial charge in [0.15, 0.2) is 0 Å². The number of amides is 1. The molecule has 5 aromatic rings. The molecule has 1 heterocycles. The number of nitrogens with two attached hydrogens (primary N) is 1. The monoisotopic (exact) mass is 475 g/mol. The van der Waals surface area contributed by atoms with Crippen molar-refractivity contribution in [1.82, 2.24) is 4.57 Å². The highest BCUT2D eigenvalue weighted by atomic mass is 35.5. The van der Waals surface area contributed by atoms with Crippen molar-refractivity contribution in [2.45, 2.75) is 13.2 Å². The minimum absolute atomic E-state index is 0.0829. The van der Waals surface area contributed by atoms with E-state index in [4.69, 9.17) is 17.3 Å². The first-order chi connectivity index (χ1) is 16.4. The molecule has 0 aliphatic heterocycles. The lowest BCUT2D eigenvalue weighted by Gasteiger charge is -2.11. The predicted molar refractivity (Wildman–Crippen MR) is 129 cm³/mol. The van der Waals surface area contributed by atoms with Gasteiger partial charge in [-0.25, -0.2) is 0 Å². The van der Waals surface area contributed by atoms with Crippen molar-refractivity contribution in [3.63, 3.8) is 0 Å². The van der Waals surface area contributed by atoms with E-state index in [2.05, 4.69) is 10.8 Å². The van der Waals surface area contributed by atoms with Crippen molar-refractivity contribution in [3.8, 4) is 16.9 Å². The molecular formula is C27H18ClF2N2O2. The Morgan fingerprint density at radius 1 is 1.00 bits per heavy atom. The normalized spacial score (nSPS) is 11.4. The summed E-state index contributed by atoms with van der Waals surface area (Å²) in [4.78, 5) is 12.2. The summed E-state index contributed by atoms with van der Waals surface area (Å²) < 4.78 is 32.0. The molecule has 0 unspecified atom stereocenters. The molecular weight excluding hydrogens is 458 g/mol. The average Bonchev–Trinajstić information content (AvgIpc) is 3.12. The zero-order chi connectivity index (χ0) is 23.8. The van der Waals surface area contributed by atoms with Gasteiger partial charge in [-0.05, 0) is 71.3 Å². The standard InChI is InChI=1S/C27H18ClF2N2O2/c28-19-10-7-17(8-11-19)18-9-12-21-24(14-18)32(23-6-2-5-22(25(21)23)26(31)33)15-16-3-1-4-20(13-16)34-27(29)30/h1-11,13-14,27H,15H2,(H2,31,33). The van der Waals surface area contributed by atoms with Gasteiger partial charge in [0, 0.05) is 27.9 Å². The Balaban J connectivity index is 1.72. The van der Waals surface area contributed by atoms with Gasteiger partial charge in [0.2, 0.25) is 5.91 Å². The number of ether oxygens (including phenoxy) is 1. The average molecular weight is 476 g/mol. The van der Waals surface area contributed by atoms with Crippen LogP contribution in [0.3, 0.4) is 0 Å². The first kappa shape index (κ1) is 21.9. The number of hydrogen-bond donors (Lipinski definition) is 1. The van der Waals surface area contributed by atoms with E-state index in [1.807, 2.05) is 53.1 Å². The second kappa shape index (κ2) is 8.80. The zero-order valence-corrected chi connectivity index (χ0v) is 18.5. The molecule has 0 atom stereocenters. The minimum atomic E-state index is -2.90. The van der Waals surface area contributed by atoms with Crippen molar-refractivity contribution in [2.75, 3.05) is 0 Å². The molecule has 0 fully saturated rings. The summed E-state index contributed by atoms with van der Waals surface area (Å²) in [6.45, 7) is -2.54. The lowest BCUT2D eigenvalue weighted by molar-refractivity contribution is -0.0498. The summed E-state index contributed by atoms with van der Waals surface area (Å²) in [5.74, 6) is -0.452. The first-order valence-corrected chi connectivity index (χ1v) is 10.8. The first-order valence-electron chi connectivity index (χ1n) is 10.5. The third-order valence-electron chi connectivity index (χ3n) is 5.70. The van der Waals surface area contributed by atoms with Crippen molar-refractivity contribution in [1.29, 1.82) is 0 Å². The van der Waals surface area contributed by atoms with Gasteiger partial charge in [-0.1, -0.05) is 41.9 Å². The molecule has 0 saturated carbocycles. The highest BCUT2D eigenvalue weighted by Crippen LogP contribution is 2.35. The SMILES string of the molecule is NC(=O)c1cccc2c1c1[c]cc(-c3ccc(Cl)cc3)cc1n2Cc1cccc(OC(F)F)c1. The molecule has 0 aliphatic carbocycles. The van der Waals surface area contributed by atoms with Crippen LogP contribution in [-0.2, 0) is 6.54 Å². The molecule has 169 valence electrons. The fourth-order valence-electron chi connectivity index (χ4n) is 4.24. The van der Waals surface area contributed by atoms with Gasteiger partial charge in [-0.15, -0.1) is 0 Å². The molecule has 1 aromatic heterocycles. The molecule has 4 nitrogen and oxygen atoms in total. The fourth-order valence-corrected chi connectivity index (χ4v) is 4.37. The smallest absolute Gasteiger partial charge is 0.387 e. The van der Waals surface area contributed by atoms with Crippen LogP contribution in [0, 0.1) is 6.07 Å². The second-order valence-electron chi connectivity index (χ2n) is 7.83. The van der Waals surface area contributed by atoms with Crippen molar-refractivity contribution >= 4 is 39.3 Å². The maximum atomic E-state index is 12.7. The summed E-state index contributed by atoms with van der Waals surface area (Å²) in [6, 6.07) is 26.6. The fraction of sp³-hybridized carbons (Fsp3) is 0.0741. The van der Waals surface area contributed by atoms with Crippen LogP contribution in [0.25, 0.3) is 32.9 Å². The van der Waals surface area contributed by atoms with Gasteiger partial charge in [-0.3, -0.25) is 4.79 Å². The number of halogens is 3. The number of rotatable bonds is 6. The summed E-state index contributed by atoms with van der Waals surface area (Å²) >= 11 is 6.04. The maximum absolute atomic E-state index is 12.7. The summed E-state index contributed by atoms with van der Waals surface area (Å²) in [5, 5.41) is 2.09. The maximum Gasteiger partial charge on any atom is 0.387 e. The molecule has 1 radical (unpaired) electrons. The Labute approximate surface area is 199 Å². The van der Waals surface area contributed by atoms with Crippen LogP contribution < -0.4 is 10.5 Å². The quantitative estimate of drug-likeness (QED) is 0.298. The summed E-state index contributed by atoms with van der Waals surface area (Å²) in [5.41, 5.74) is 10.3. The van der Waals surface area contributed by atoms with Crippen molar-refractivity contribution in [2.24, 2.45) is 5.73 Å². The zero-order valence-electron chi connectivity index (χ0n) is 17.8. The van der Waals surface area contributed by atoms with Crippen LogP contribution in [-0.4, -0.2) is 17.1 Å². The highest BCUT2D eigenvalue weighted by Gasteiger charge is 2.18. The molecule has 7 heteroatoms. The van der Waals surface area contributed by atoms with Crippen LogP contribution in [0.15, 0.2) is 78.9 Å². The van der Waals surface area contributed by atoms with Gasteiger partial charge >= 0.3 is 6.61 Å². The predicted octanol–water partition coefficient (Wildman–Crippen LogP) is 6.66. The molecule has 1 amide bonds. The van der Waals surface area contributed by atoms with Crippen LogP contribution in [0.5, 0.6) is 5.75 Å². The van der Waals surface area contributed by atoms with E-state index in [9.17, 15) is 13.6 Å². The number of nitrogens with zero attached hydrogens (tertiary/aromatic N) is 1. The molecule has 0 bridgehead atoms. The molecule has 0 spiro atoms.